The number of aliphatic hydroxyl groups excluding tert-OH is 1. The lowest BCUT2D eigenvalue weighted by molar-refractivity contribution is -0.115. The number of hydrogen-bond acceptors (Lipinski definition) is 3. The van der Waals surface area contributed by atoms with Crippen molar-refractivity contribution in [3.63, 3.8) is 0 Å². The van der Waals surface area contributed by atoms with Gasteiger partial charge in [-0.3, -0.25) is 4.79 Å². The third-order valence-corrected chi connectivity index (χ3v) is 1.86. The zero-order valence-corrected chi connectivity index (χ0v) is 9.48. The second-order valence-corrected chi connectivity index (χ2v) is 3.21. The van der Waals surface area contributed by atoms with Gasteiger partial charge in [0.2, 0.25) is 0 Å². The van der Waals surface area contributed by atoms with Crippen LogP contribution in [0.4, 0.5) is 0 Å². The van der Waals surface area contributed by atoms with Crippen molar-refractivity contribution in [2.24, 2.45) is 0 Å². The van der Waals surface area contributed by atoms with Gasteiger partial charge in [0.05, 0.1) is 19.8 Å². The molecular formula is C13H15NO3. The van der Waals surface area contributed by atoms with Crippen molar-refractivity contribution < 1.29 is 14.6 Å². The maximum Gasteiger partial charge on any atom is 0.296 e. The van der Waals surface area contributed by atoms with E-state index in [0.29, 0.717) is 13.2 Å². The van der Waals surface area contributed by atoms with Crippen molar-refractivity contribution in [2.45, 2.75) is 0 Å². The van der Waals surface area contributed by atoms with Crippen LogP contribution in [0, 0.1) is 11.8 Å². The lowest BCUT2D eigenvalue weighted by Gasteiger charge is -2.01. The molecule has 1 amide bonds. The lowest BCUT2D eigenvalue weighted by Crippen LogP contribution is -2.26. The molecule has 0 bridgehead atoms. The highest BCUT2D eigenvalue weighted by Gasteiger charge is 1.94. The molecule has 0 spiro atoms. The first-order chi connectivity index (χ1) is 8.33. The van der Waals surface area contributed by atoms with E-state index >= 15 is 0 Å². The van der Waals surface area contributed by atoms with E-state index < -0.39 is 0 Å². The molecule has 0 atom stereocenters. The molecule has 1 aromatic carbocycles. The van der Waals surface area contributed by atoms with Crippen LogP contribution >= 0.6 is 0 Å². The topological polar surface area (TPSA) is 58.6 Å². The molecular weight excluding hydrogens is 218 g/mol. The summed E-state index contributed by atoms with van der Waals surface area (Å²) in [7, 11) is 0. The van der Waals surface area contributed by atoms with Crippen LogP contribution in [0.15, 0.2) is 30.3 Å². The van der Waals surface area contributed by atoms with Crippen LogP contribution in [0.25, 0.3) is 0 Å². The van der Waals surface area contributed by atoms with E-state index in [1.54, 1.807) is 0 Å². The normalized spacial score (nSPS) is 9.24. The maximum atomic E-state index is 11.3. The number of hydrogen-bond donors (Lipinski definition) is 2. The third kappa shape index (κ3) is 6.36. The monoisotopic (exact) mass is 233 g/mol. The van der Waals surface area contributed by atoms with Crippen molar-refractivity contribution in [1.82, 2.24) is 5.32 Å². The van der Waals surface area contributed by atoms with Crippen LogP contribution in [0.3, 0.4) is 0 Å². The fraction of sp³-hybridized carbons (Fsp3) is 0.308. The number of carbonyl (C=O) groups is 1. The molecule has 0 fully saturated rings. The minimum absolute atomic E-state index is 0.0121. The predicted octanol–water partition coefficient (Wildman–Crippen LogP) is 0.163. The molecule has 0 radical (unpaired) electrons. The highest BCUT2D eigenvalue weighted by Crippen LogP contribution is 1.94. The first-order valence-corrected chi connectivity index (χ1v) is 5.36. The fourth-order valence-corrected chi connectivity index (χ4v) is 1.10. The summed E-state index contributed by atoms with van der Waals surface area (Å²) in [6, 6.07) is 9.30. The van der Waals surface area contributed by atoms with E-state index in [-0.39, 0.29) is 19.1 Å². The Bertz CT molecular complexity index is 392. The van der Waals surface area contributed by atoms with Gasteiger partial charge in [0.25, 0.3) is 5.91 Å². The van der Waals surface area contributed by atoms with E-state index in [0.717, 1.165) is 5.56 Å². The molecule has 0 saturated carbocycles. The molecule has 0 saturated heterocycles. The van der Waals surface area contributed by atoms with Crippen molar-refractivity contribution in [1.29, 1.82) is 0 Å². The minimum Gasteiger partial charge on any atom is -0.394 e. The summed E-state index contributed by atoms with van der Waals surface area (Å²) in [6.45, 7) is 1.04. The minimum atomic E-state index is -0.332. The molecule has 0 aliphatic heterocycles. The molecule has 2 N–H and O–H groups in total. The van der Waals surface area contributed by atoms with E-state index in [9.17, 15) is 4.79 Å². The maximum absolute atomic E-state index is 11.3. The van der Waals surface area contributed by atoms with Crippen molar-refractivity contribution in [3.8, 4) is 11.8 Å². The van der Waals surface area contributed by atoms with Crippen molar-refractivity contribution in [3.05, 3.63) is 35.9 Å². The van der Waals surface area contributed by atoms with E-state index in [2.05, 4.69) is 17.2 Å². The molecule has 90 valence electrons. The van der Waals surface area contributed by atoms with Gasteiger partial charge in [-0.05, 0) is 12.1 Å². The number of amides is 1. The highest BCUT2D eigenvalue weighted by atomic mass is 16.5. The van der Waals surface area contributed by atoms with Crippen molar-refractivity contribution in [2.75, 3.05) is 26.4 Å². The summed E-state index contributed by atoms with van der Waals surface area (Å²) in [5, 5.41) is 11.0. The Kier molecular flexibility index (Phi) is 6.49. The average Bonchev–Trinajstić information content (AvgIpc) is 2.37. The van der Waals surface area contributed by atoms with Gasteiger partial charge in [-0.1, -0.05) is 24.1 Å². The predicted molar refractivity (Wildman–Crippen MR) is 64.2 cm³/mol. The average molecular weight is 233 g/mol. The van der Waals surface area contributed by atoms with Gasteiger partial charge in [-0.25, -0.2) is 0 Å². The van der Waals surface area contributed by atoms with Crippen molar-refractivity contribution >= 4 is 5.91 Å². The number of benzene rings is 1. The Morgan fingerprint density at radius 3 is 2.76 bits per heavy atom. The number of ether oxygens (including phenoxy) is 1. The van der Waals surface area contributed by atoms with E-state index in [1.165, 1.54) is 0 Å². The summed E-state index contributed by atoms with van der Waals surface area (Å²) < 4.78 is 4.98. The molecule has 0 aliphatic carbocycles. The fourth-order valence-electron chi connectivity index (χ4n) is 1.10. The molecule has 1 aromatic rings. The zero-order chi connectivity index (χ0) is 12.3. The molecule has 0 heterocycles. The molecule has 0 aromatic heterocycles. The van der Waals surface area contributed by atoms with Crippen LogP contribution in [-0.2, 0) is 9.53 Å². The molecule has 4 nitrogen and oxygen atoms in total. The van der Waals surface area contributed by atoms with Gasteiger partial charge < -0.3 is 15.2 Å². The van der Waals surface area contributed by atoms with E-state index in [4.69, 9.17) is 9.84 Å². The smallest absolute Gasteiger partial charge is 0.296 e. The first kappa shape index (κ1) is 13.2. The van der Waals surface area contributed by atoms with Gasteiger partial charge in [0, 0.05) is 18.0 Å². The second-order valence-electron chi connectivity index (χ2n) is 3.21. The second kappa shape index (κ2) is 8.34. The van der Waals surface area contributed by atoms with E-state index in [1.807, 2.05) is 30.3 Å². The Labute approximate surface area is 101 Å². The number of rotatable bonds is 5. The van der Waals surface area contributed by atoms with Gasteiger partial charge >= 0.3 is 0 Å². The van der Waals surface area contributed by atoms with Crippen LogP contribution in [0.2, 0.25) is 0 Å². The molecule has 1 rings (SSSR count). The van der Waals surface area contributed by atoms with Crippen LogP contribution in [0.1, 0.15) is 5.56 Å². The number of nitrogens with one attached hydrogen (secondary N) is 1. The summed E-state index contributed by atoms with van der Waals surface area (Å²) in [5.74, 6) is 4.91. The van der Waals surface area contributed by atoms with Crippen LogP contribution in [0.5, 0.6) is 0 Å². The van der Waals surface area contributed by atoms with Crippen LogP contribution in [-0.4, -0.2) is 37.4 Å². The van der Waals surface area contributed by atoms with Gasteiger partial charge in [0.1, 0.15) is 0 Å². The third-order valence-electron chi connectivity index (χ3n) is 1.86. The Morgan fingerprint density at radius 1 is 1.29 bits per heavy atom. The largest absolute Gasteiger partial charge is 0.394 e. The summed E-state index contributed by atoms with van der Waals surface area (Å²) in [4.78, 5) is 11.3. The summed E-state index contributed by atoms with van der Waals surface area (Å²) in [6.07, 6.45) is 0. The quantitative estimate of drug-likeness (QED) is 0.563. The summed E-state index contributed by atoms with van der Waals surface area (Å²) >= 11 is 0. The summed E-state index contributed by atoms with van der Waals surface area (Å²) in [5.41, 5.74) is 0.805. The Hall–Kier alpha value is -1.83. The molecule has 0 aliphatic rings. The highest BCUT2D eigenvalue weighted by molar-refractivity contribution is 5.94. The molecule has 0 unspecified atom stereocenters. The van der Waals surface area contributed by atoms with Gasteiger partial charge in [-0.2, -0.15) is 0 Å². The van der Waals surface area contributed by atoms with Gasteiger partial charge in [0.15, 0.2) is 0 Å². The van der Waals surface area contributed by atoms with Crippen LogP contribution < -0.4 is 5.32 Å². The lowest BCUT2D eigenvalue weighted by atomic mass is 10.2. The Morgan fingerprint density at radius 2 is 2.06 bits per heavy atom. The Balaban J connectivity index is 2.24. The molecule has 4 heteroatoms. The SMILES string of the molecule is O=C(C#Cc1ccccc1)NCCOCCO. The van der Waals surface area contributed by atoms with Gasteiger partial charge in [-0.15, -0.1) is 0 Å². The zero-order valence-electron chi connectivity index (χ0n) is 9.48. The standard InChI is InChI=1S/C13H15NO3/c15-9-11-17-10-8-14-13(16)7-6-12-4-2-1-3-5-12/h1-5,15H,8-11H2,(H,14,16). The number of carbonyl (C=O) groups excluding carboxylic acids is 1. The number of aliphatic hydroxyl groups is 1. The first-order valence-electron chi connectivity index (χ1n) is 5.36. The molecule has 17 heavy (non-hydrogen) atoms.